The normalized spacial score (nSPS) is 18.4. The van der Waals surface area contributed by atoms with Gasteiger partial charge >= 0.3 is 0 Å². The highest BCUT2D eigenvalue weighted by molar-refractivity contribution is 7.88. The van der Waals surface area contributed by atoms with Gasteiger partial charge in [-0.2, -0.15) is 9.52 Å². The third-order valence-corrected chi connectivity index (χ3v) is 5.49. The molecule has 1 aliphatic heterocycles. The van der Waals surface area contributed by atoms with Gasteiger partial charge in [0.25, 0.3) is 0 Å². The second-order valence-corrected chi connectivity index (χ2v) is 7.84. The predicted molar refractivity (Wildman–Crippen MR) is 87.9 cm³/mol. The topological polar surface area (TPSA) is 59.0 Å². The first-order valence-corrected chi connectivity index (χ1v) is 9.47. The first-order chi connectivity index (χ1) is 10.5. The molecule has 1 aliphatic rings. The highest BCUT2D eigenvalue weighted by Crippen LogP contribution is 2.37. The van der Waals surface area contributed by atoms with Crippen molar-refractivity contribution in [3.63, 3.8) is 0 Å². The molecule has 1 unspecified atom stereocenters. The molecular formula is C15H16N2O3S2. The summed E-state index contributed by atoms with van der Waals surface area (Å²) in [6.45, 7) is 0. The first kappa shape index (κ1) is 15.1. The van der Waals surface area contributed by atoms with E-state index in [1.54, 1.807) is 7.11 Å². The molecule has 3 rings (SSSR count). The van der Waals surface area contributed by atoms with Crippen LogP contribution in [0.4, 0.5) is 0 Å². The van der Waals surface area contributed by atoms with Crippen molar-refractivity contribution in [1.29, 1.82) is 0 Å². The first-order valence-electron chi connectivity index (χ1n) is 6.74. The molecule has 5 nitrogen and oxygen atoms in total. The van der Waals surface area contributed by atoms with Crippen LogP contribution in [0.25, 0.3) is 0 Å². The molecule has 116 valence electrons. The predicted octanol–water partition coefficient (Wildman–Crippen LogP) is 2.87. The molecule has 0 N–H and O–H groups in total. The molecule has 1 aromatic carbocycles. The highest BCUT2D eigenvalue weighted by Gasteiger charge is 2.35. The van der Waals surface area contributed by atoms with Crippen LogP contribution < -0.4 is 4.74 Å². The van der Waals surface area contributed by atoms with Gasteiger partial charge in [0.15, 0.2) is 0 Å². The van der Waals surface area contributed by atoms with Gasteiger partial charge in [-0.3, -0.25) is 0 Å². The zero-order chi connectivity index (χ0) is 15.7. The quantitative estimate of drug-likeness (QED) is 0.862. The third-order valence-electron chi connectivity index (χ3n) is 3.50. The lowest BCUT2D eigenvalue weighted by molar-refractivity contribution is 0.379. The Morgan fingerprint density at radius 1 is 1.27 bits per heavy atom. The van der Waals surface area contributed by atoms with Gasteiger partial charge in [-0.1, -0.05) is 18.2 Å². The fraction of sp³-hybridized carbons (Fsp3) is 0.267. The van der Waals surface area contributed by atoms with E-state index in [4.69, 9.17) is 4.74 Å². The standard InChI is InChI=1S/C15H16N2O3S2/c1-20-14-7-4-3-6-11(14)12-10-13(15-8-5-9-21-15)17(16-12)22(2,18)19/h3-9,13H,10H2,1-2H3. The number of nitrogens with zero attached hydrogens (tertiary/aromatic N) is 2. The van der Waals surface area contributed by atoms with Crippen LogP contribution in [0, 0.1) is 0 Å². The lowest BCUT2D eigenvalue weighted by Crippen LogP contribution is -2.25. The summed E-state index contributed by atoms with van der Waals surface area (Å²) < 4.78 is 30.7. The Balaban J connectivity index is 2.04. The maximum absolute atomic E-state index is 12.1. The summed E-state index contributed by atoms with van der Waals surface area (Å²) in [6.07, 6.45) is 1.72. The number of para-hydroxylation sites is 1. The average Bonchev–Trinajstić information content (AvgIpc) is 3.15. The Hall–Kier alpha value is -1.86. The van der Waals surface area contributed by atoms with Crippen molar-refractivity contribution in [3.8, 4) is 5.75 Å². The van der Waals surface area contributed by atoms with Crippen LogP contribution in [-0.4, -0.2) is 31.9 Å². The van der Waals surface area contributed by atoms with E-state index >= 15 is 0 Å². The third kappa shape index (κ3) is 2.74. The van der Waals surface area contributed by atoms with Gasteiger partial charge in [-0.05, 0) is 23.6 Å². The monoisotopic (exact) mass is 336 g/mol. The van der Waals surface area contributed by atoms with Crippen molar-refractivity contribution >= 4 is 27.1 Å². The van der Waals surface area contributed by atoms with Crippen molar-refractivity contribution in [2.75, 3.05) is 13.4 Å². The van der Waals surface area contributed by atoms with Gasteiger partial charge in [-0.25, -0.2) is 8.42 Å². The van der Waals surface area contributed by atoms with Gasteiger partial charge in [0, 0.05) is 16.9 Å². The molecule has 0 bridgehead atoms. The van der Waals surface area contributed by atoms with Crippen molar-refractivity contribution in [2.24, 2.45) is 5.10 Å². The number of hydrogen-bond acceptors (Lipinski definition) is 5. The van der Waals surface area contributed by atoms with E-state index in [2.05, 4.69) is 5.10 Å². The summed E-state index contributed by atoms with van der Waals surface area (Å²) >= 11 is 1.54. The van der Waals surface area contributed by atoms with E-state index in [1.807, 2.05) is 41.8 Å². The van der Waals surface area contributed by atoms with Gasteiger partial charge < -0.3 is 4.74 Å². The molecule has 7 heteroatoms. The average molecular weight is 336 g/mol. The zero-order valence-corrected chi connectivity index (χ0v) is 13.9. The van der Waals surface area contributed by atoms with Crippen LogP contribution in [0.2, 0.25) is 0 Å². The van der Waals surface area contributed by atoms with E-state index in [0.717, 1.165) is 16.2 Å². The smallest absolute Gasteiger partial charge is 0.247 e. The minimum atomic E-state index is -3.43. The fourth-order valence-corrected chi connectivity index (χ4v) is 4.31. The molecule has 1 aromatic heterocycles. The van der Waals surface area contributed by atoms with Crippen molar-refractivity contribution in [3.05, 3.63) is 52.2 Å². The zero-order valence-electron chi connectivity index (χ0n) is 12.3. The van der Waals surface area contributed by atoms with E-state index in [1.165, 1.54) is 22.0 Å². The number of sulfonamides is 1. The van der Waals surface area contributed by atoms with Gasteiger partial charge in [-0.15, -0.1) is 11.3 Å². The maximum atomic E-state index is 12.1. The Bertz CT molecular complexity index is 798. The Morgan fingerprint density at radius 3 is 2.68 bits per heavy atom. The van der Waals surface area contributed by atoms with Crippen LogP contribution in [0.5, 0.6) is 5.75 Å². The van der Waals surface area contributed by atoms with Crippen LogP contribution >= 0.6 is 11.3 Å². The molecule has 0 amide bonds. The number of thiophene rings is 1. The van der Waals surface area contributed by atoms with Gasteiger partial charge in [0.05, 0.1) is 19.1 Å². The molecule has 2 heterocycles. The van der Waals surface area contributed by atoms with Gasteiger partial charge in [0.2, 0.25) is 10.0 Å². The molecule has 0 radical (unpaired) electrons. The van der Waals surface area contributed by atoms with E-state index < -0.39 is 10.0 Å². The summed E-state index contributed by atoms with van der Waals surface area (Å²) in [6, 6.07) is 11.1. The molecule has 0 spiro atoms. The number of rotatable bonds is 4. The molecule has 1 atom stereocenters. The number of ether oxygens (including phenoxy) is 1. The minimum Gasteiger partial charge on any atom is -0.496 e. The van der Waals surface area contributed by atoms with Crippen molar-refractivity contribution < 1.29 is 13.2 Å². The molecule has 0 fully saturated rings. The number of hydrazone groups is 1. The number of hydrogen-bond donors (Lipinski definition) is 0. The SMILES string of the molecule is COc1ccccc1C1=NN(S(C)(=O)=O)C(c2cccs2)C1. The van der Waals surface area contributed by atoms with Crippen molar-refractivity contribution in [2.45, 2.75) is 12.5 Å². The Morgan fingerprint density at radius 2 is 2.05 bits per heavy atom. The molecule has 0 aliphatic carbocycles. The van der Waals surface area contributed by atoms with Crippen LogP contribution in [0.3, 0.4) is 0 Å². The fourth-order valence-electron chi connectivity index (χ4n) is 2.53. The van der Waals surface area contributed by atoms with Crippen LogP contribution in [-0.2, 0) is 10.0 Å². The largest absolute Gasteiger partial charge is 0.496 e. The summed E-state index contributed by atoms with van der Waals surface area (Å²) in [4.78, 5) is 0.985. The summed E-state index contributed by atoms with van der Waals surface area (Å²) in [5.74, 6) is 0.696. The minimum absolute atomic E-state index is 0.282. The lowest BCUT2D eigenvalue weighted by atomic mass is 10.0. The van der Waals surface area contributed by atoms with Crippen molar-refractivity contribution in [1.82, 2.24) is 4.41 Å². The highest BCUT2D eigenvalue weighted by atomic mass is 32.2. The molecule has 0 saturated heterocycles. The summed E-state index contributed by atoms with van der Waals surface area (Å²) in [7, 11) is -1.83. The van der Waals surface area contributed by atoms with E-state index in [9.17, 15) is 8.42 Å². The Labute approximate surface area is 133 Å². The Kier molecular flexibility index (Phi) is 3.92. The molecule has 0 saturated carbocycles. The number of methoxy groups -OCH3 is 1. The maximum Gasteiger partial charge on any atom is 0.247 e. The second-order valence-electron chi connectivity index (χ2n) is 5.02. The number of benzene rings is 1. The summed E-state index contributed by atoms with van der Waals surface area (Å²) in [5.41, 5.74) is 1.55. The molecule has 22 heavy (non-hydrogen) atoms. The lowest BCUT2D eigenvalue weighted by Gasteiger charge is -2.19. The van der Waals surface area contributed by atoms with Crippen LogP contribution in [0.15, 0.2) is 46.9 Å². The van der Waals surface area contributed by atoms with Crippen LogP contribution in [0.1, 0.15) is 22.9 Å². The molecule has 2 aromatic rings. The summed E-state index contributed by atoms with van der Waals surface area (Å²) in [5, 5.41) is 6.31. The molecular weight excluding hydrogens is 320 g/mol. The second kappa shape index (κ2) is 5.73. The van der Waals surface area contributed by atoms with Gasteiger partial charge in [0.1, 0.15) is 11.8 Å². The van der Waals surface area contributed by atoms with E-state index in [-0.39, 0.29) is 6.04 Å². The van der Waals surface area contributed by atoms with E-state index in [0.29, 0.717) is 12.2 Å².